The average Bonchev–Trinajstić information content (AvgIpc) is 0.773. The number of hydrogen-bond donors (Lipinski definition) is 4. The van der Waals surface area contributed by atoms with Crippen LogP contribution in [0, 0.1) is 59.7 Å². The van der Waals surface area contributed by atoms with Gasteiger partial charge in [-0.25, -0.2) is 47.5 Å². The number of unbranched alkanes of at least 4 members (excludes halogenated alkanes) is 2. The highest BCUT2D eigenvalue weighted by Gasteiger charge is 2.45. The van der Waals surface area contributed by atoms with Gasteiger partial charge < -0.3 is 47.9 Å². The summed E-state index contributed by atoms with van der Waals surface area (Å²) in [5.41, 5.74) is -3.20. The minimum atomic E-state index is -4.35. The third-order valence-corrected chi connectivity index (χ3v) is 21.6. The summed E-state index contributed by atoms with van der Waals surface area (Å²) in [4.78, 5) is 46.6. The Labute approximate surface area is 621 Å². The van der Waals surface area contributed by atoms with Gasteiger partial charge in [0, 0.05) is 113 Å². The second kappa shape index (κ2) is 41.0. The van der Waals surface area contributed by atoms with Crippen LogP contribution in [0.25, 0.3) is 9.69 Å². The van der Waals surface area contributed by atoms with Gasteiger partial charge >= 0.3 is 0 Å². The van der Waals surface area contributed by atoms with Crippen molar-refractivity contribution in [3.8, 4) is 11.5 Å². The summed E-state index contributed by atoms with van der Waals surface area (Å²) in [6.45, 7) is 26.0. The summed E-state index contributed by atoms with van der Waals surface area (Å²) in [6.07, 6.45) is 1.62. The van der Waals surface area contributed by atoms with E-state index in [2.05, 4.69) is 45.6 Å². The lowest BCUT2D eigenvalue weighted by molar-refractivity contribution is -0.890. The number of nitrogens with one attached hydrogen (secondary N) is 2. The lowest BCUT2D eigenvalue weighted by Gasteiger charge is -2.34. The first kappa shape index (κ1) is 91.0. The van der Waals surface area contributed by atoms with E-state index in [0.29, 0.717) is 89.9 Å². The van der Waals surface area contributed by atoms with Crippen LogP contribution in [0.15, 0.2) is 60.7 Å². The first-order chi connectivity index (χ1) is 47.3. The molecule has 0 fully saturated rings. The van der Waals surface area contributed by atoms with Crippen LogP contribution in [0.2, 0.25) is 0 Å². The lowest BCUT2D eigenvalue weighted by atomic mass is 9.79. The molecular weight excluding hydrogens is 1480 g/mol. The molecule has 0 aliphatic heterocycles. The molecule has 0 bridgehead atoms. The molecule has 2 N–H and O–H groups in total. The molecule has 4 aromatic rings. The quantitative estimate of drug-likeness (QED) is 0.00475. The molecule has 4 rings (SSSR count). The predicted octanol–water partition coefficient (Wildman–Crippen LogP) is 14.0. The van der Waals surface area contributed by atoms with E-state index in [9.17, 15) is 49.1 Å². The van der Waals surface area contributed by atoms with Crippen molar-refractivity contribution in [3.05, 3.63) is 152 Å². The van der Waals surface area contributed by atoms with E-state index in [1.807, 2.05) is 28.2 Å². The first-order valence-electron chi connectivity index (χ1n) is 32.9. The SMILES string of the molecule is [C-]#[N+]C(C)(C)CC(CC(C)(S)C(=O)NCCC[N+](C)(C)CCCS(=O)(=O)[O-])c1c(F)c(F)c(OCCCCS)c(F)c1F.[C-]#[N+]C(C)(C)CC(CC(C)(SC(=S)c1ccccc1)C(=O)NCCC[N+](C)(C)CCCS(=O)(=O)[O-])c1c(F)c(F)c(OCCCCSC(=O)c2ccccc2)c(F)c1F. The van der Waals surface area contributed by atoms with Crippen molar-refractivity contribution in [1.29, 1.82) is 0 Å². The van der Waals surface area contributed by atoms with Crippen molar-refractivity contribution in [2.24, 2.45) is 0 Å². The number of ether oxygens (including phenoxy) is 2. The largest absolute Gasteiger partial charge is 0.748 e. The van der Waals surface area contributed by atoms with E-state index in [4.69, 9.17) is 34.8 Å². The molecule has 568 valence electrons. The third-order valence-electron chi connectivity index (χ3n) is 16.6. The molecule has 0 radical (unpaired) electrons. The van der Waals surface area contributed by atoms with Crippen LogP contribution in [0.1, 0.15) is 157 Å². The second-order valence-electron chi connectivity index (χ2n) is 27.9. The van der Waals surface area contributed by atoms with Gasteiger partial charge in [-0.1, -0.05) is 96.4 Å². The van der Waals surface area contributed by atoms with Crippen molar-refractivity contribution in [3.63, 3.8) is 0 Å². The maximum atomic E-state index is 16.2. The molecule has 0 spiro atoms. The van der Waals surface area contributed by atoms with Gasteiger partial charge in [0.1, 0.15) is 0 Å². The fourth-order valence-corrected chi connectivity index (χ4v) is 15.2. The Morgan fingerprint density at radius 1 is 0.559 bits per heavy atom. The van der Waals surface area contributed by atoms with E-state index in [-0.39, 0.29) is 80.6 Å². The van der Waals surface area contributed by atoms with Gasteiger partial charge in [-0.3, -0.25) is 14.4 Å². The monoisotopic (exact) mass is 1570 g/mol. The maximum Gasteiger partial charge on any atom is 0.236 e. The van der Waals surface area contributed by atoms with E-state index in [0.717, 1.165) is 23.5 Å². The van der Waals surface area contributed by atoms with Crippen LogP contribution in [-0.4, -0.2) is 180 Å². The first-order valence-corrected chi connectivity index (χ1v) is 39.4. The molecule has 17 nitrogen and oxygen atoms in total. The Morgan fingerprint density at radius 3 is 1.32 bits per heavy atom. The summed E-state index contributed by atoms with van der Waals surface area (Å²) in [5.74, 6) is -19.9. The minimum absolute atomic E-state index is 0.140. The summed E-state index contributed by atoms with van der Waals surface area (Å²) in [5, 5.41) is 5.44. The number of carbonyl (C=O) groups excluding carboxylic acids is 3. The molecule has 0 aliphatic carbocycles. The summed E-state index contributed by atoms with van der Waals surface area (Å²) < 4.78 is 198. The second-order valence-corrected chi connectivity index (χ2v) is 35.6. The Bertz CT molecular complexity index is 3740. The Hall–Kier alpha value is -5.26. The van der Waals surface area contributed by atoms with Gasteiger partial charge in [-0.2, -0.15) is 42.8 Å². The topological polar surface area (TPSA) is 217 Å². The summed E-state index contributed by atoms with van der Waals surface area (Å²) >= 11 is 16.2. The number of thioether (sulfide) groups is 2. The normalized spacial score (nSPS) is 14.0. The van der Waals surface area contributed by atoms with E-state index >= 15 is 26.3 Å². The van der Waals surface area contributed by atoms with Crippen LogP contribution in [0.4, 0.5) is 35.1 Å². The van der Waals surface area contributed by atoms with Crippen LogP contribution in [0.3, 0.4) is 0 Å². The number of thiol groups is 2. The highest BCUT2D eigenvalue weighted by atomic mass is 32.2. The molecule has 0 saturated heterocycles. The summed E-state index contributed by atoms with van der Waals surface area (Å²) in [6, 6.07) is 17.4. The number of benzene rings is 4. The minimum Gasteiger partial charge on any atom is -0.748 e. The zero-order chi connectivity index (χ0) is 77.2. The van der Waals surface area contributed by atoms with Crippen LogP contribution in [-0.2, 0) is 29.8 Å². The highest BCUT2D eigenvalue weighted by Crippen LogP contribution is 2.47. The number of carbonyl (C=O) groups is 3. The number of hydrogen-bond acceptors (Lipinski definition) is 16. The van der Waals surface area contributed by atoms with Gasteiger partial charge in [0.25, 0.3) is 0 Å². The zero-order valence-electron chi connectivity index (χ0n) is 59.1. The van der Waals surface area contributed by atoms with Crippen LogP contribution < -0.4 is 20.1 Å². The van der Waals surface area contributed by atoms with E-state index in [1.165, 1.54) is 41.5 Å². The Kier molecular flexibility index (Phi) is 36.6. The number of amides is 2. The molecule has 0 heterocycles. The van der Waals surface area contributed by atoms with Gasteiger partial charge in [0.05, 0.1) is 102 Å². The smallest absolute Gasteiger partial charge is 0.236 e. The standard InChI is InChI=1S/C42H51F4N3O6S4.C28H43F4N3O5S3/c1-41(2,47-4)27-31(32-33(43)35(45)37(36(46)34(32)44)55-24-13-14-25-57-38(50)29-17-9-7-10-18-29)28-42(3,58-39(56)30-19-11-8-12-20-30)40(51)48-21-15-22-49(5,6)23-16-26-59(52,53)54;1-27(2,33-4)17-19(20-21(29)23(31)25(24(32)22(20)30)40-14-7-8-15-41)18-28(3,42)26(36)34-11-9-12-35(5,6)13-10-16-43(37,38)39/h7-12,17-20,31H,13-16,21-28H2,1-3,5-6H3,(H-,48,51,52,53,54);19H,7-18H2,1-3,5-6H3,(H3-,34,36,37,38,39,41,42). The number of quaternary nitrogens is 2. The third kappa shape index (κ3) is 30.7. The van der Waals surface area contributed by atoms with Crippen molar-refractivity contribution in [2.75, 3.05) is 104 Å². The van der Waals surface area contributed by atoms with Gasteiger partial charge in [-0.05, 0) is 75.5 Å². The molecule has 0 aliphatic rings. The van der Waals surface area contributed by atoms with Crippen molar-refractivity contribution in [1.82, 2.24) is 10.6 Å². The van der Waals surface area contributed by atoms with Crippen LogP contribution in [0.5, 0.6) is 11.5 Å². The van der Waals surface area contributed by atoms with Crippen LogP contribution >= 0.6 is 61.0 Å². The summed E-state index contributed by atoms with van der Waals surface area (Å²) in [7, 11) is -1.23. The number of thiocarbonyl (C=S) groups is 1. The Balaban J connectivity index is 0.000000558. The Morgan fingerprint density at radius 2 is 0.931 bits per heavy atom. The fraction of sp³-hybridized carbons (Fsp3) is 0.571. The van der Waals surface area contributed by atoms with Crippen molar-refractivity contribution >= 4 is 102 Å². The van der Waals surface area contributed by atoms with Gasteiger partial charge in [0.15, 0.2) is 34.8 Å². The molecule has 4 unspecified atom stereocenters. The zero-order valence-corrected chi connectivity index (χ0v) is 65.0. The van der Waals surface area contributed by atoms with Gasteiger partial charge in [0.2, 0.25) is 51.3 Å². The number of nitrogens with zero attached hydrogens (tertiary/aromatic N) is 4. The lowest BCUT2D eigenvalue weighted by Crippen LogP contribution is -2.46. The highest BCUT2D eigenvalue weighted by molar-refractivity contribution is 8.25. The molecule has 2 amide bonds. The molecule has 32 heteroatoms. The predicted molar refractivity (Wildman–Crippen MR) is 393 cm³/mol. The molecule has 102 heavy (non-hydrogen) atoms. The van der Waals surface area contributed by atoms with Crippen molar-refractivity contribution in [2.45, 2.75) is 151 Å². The average molecular weight is 1570 g/mol. The molecule has 4 aromatic carbocycles. The molecular formula is C70H94F8N6O11S7. The number of halogens is 8. The van der Waals surface area contributed by atoms with Crippen molar-refractivity contribution < 1.29 is 93.9 Å². The fourth-order valence-electron chi connectivity index (χ4n) is 11.1. The van der Waals surface area contributed by atoms with E-state index in [1.54, 1.807) is 60.7 Å². The molecule has 0 saturated carbocycles. The van der Waals surface area contributed by atoms with Gasteiger partial charge in [-0.15, -0.1) is 0 Å². The number of rotatable bonds is 42. The molecule has 0 aromatic heterocycles. The van der Waals surface area contributed by atoms with E-state index < -0.39 is 145 Å². The molecule has 4 atom stereocenters. The maximum absolute atomic E-state index is 16.2.